The average Bonchev–Trinajstić information content (AvgIpc) is 2.03. The predicted molar refractivity (Wildman–Crippen MR) is 48.3 cm³/mol. The maximum absolute atomic E-state index is 8.32. The van der Waals surface area contributed by atoms with Gasteiger partial charge in [0.15, 0.2) is 5.84 Å². The second kappa shape index (κ2) is 3.76. The molecule has 1 fully saturated rings. The summed E-state index contributed by atoms with van der Waals surface area (Å²) >= 11 is 0. The molecule has 0 radical (unpaired) electrons. The summed E-state index contributed by atoms with van der Waals surface area (Å²) in [6.07, 6.45) is 4.83. The number of hydrogen-bond acceptors (Lipinski definition) is 3. The number of nitrogens with zero attached hydrogens (tertiary/aromatic N) is 1. The highest BCUT2D eigenvalue weighted by molar-refractivity contribution is 5.81. The lowest BCUT2D eigenvalue weighted by Gasteiger charge is -2.42. The van der Waals surface area contributed by atoms with E-state index in [4.69, 9.17) is 10.9 Å². The normalized spacial score (nSPS) is 21.9. The summed E-state index contributed by atoms with van der Waals surface area (Å²) in [5.74, 6) is 0.259. The van der Waals surface area contributed by atoms with E-state index in [9.17, 15) is 0 Å². The van der Waals surface area contributed by atoms with E-state index < -0.39 is 0 Å². The molecule has 0 heterocycles. The van der Waals surface area contributed by atoms with Crippen LogP contribution in [0.1, 0.15) is 32.6 Å². The van der Waals surface area contributed by atoms with E-state index in [0.717, 1.165) is 6.42 Å². The quantitative estimate of drug-likeness (QED) is 0.252. The Balaban J connectivity index is 2.29. The van der Waals surface area contributed by atoms with Crippen molar-refractivity contribution >= 4 is 5.84 Å². The Labute approximate surface area is 72.8 Å². The molecule has 0 bridgehead atoms. The second-order valence-electron chi connectivity index (χ2n) is 3.43. The molecule has 4 heteroatoms. The smallest absolute Gasteiger partial charge is 0.153 e. The van der Waals surface area contributed by atoms with E-state index in [0.29, 0.717) is 6.54 Å². The standard InChI is InChI=1S/C8H17N3O/c1-2-8(4-3-5-8)10-6-7(9)11-12/h10,12H,2-6H2,1H3,(H2,9,11). The first-order chi connectivity index (χ1) is 5.72. The maximum atomic E-state index is 8.32. The molecule has 0 amide bonds. The van der Waals surface area contributed by atoms with Crippen molar-refractivity contribution < 1.29 is 5.21 Å². The van der Waals surface area contributed by atoms with Crippen molar-refractivity contribution in [1.29, 1.82) is 0 Å². The summed E-state index contributed by atoms with van der Waals surface area (Å²) in [4.78, 5) is 0. The summed E-state index contributed by atoms with van der Waals surface area (Å²) in [5, 5.41) is 14.6. The summed E-state index contributed by atoms with van der Waals surface area (Å²) in [6, 6.07) is 0. The van der Waals surface area contributed by atoms with Crippen molar-refractivity contribution in [3.05, 3.63) is 0 Å². The van der Waals surface area contributed by atoms with Crippen molar-refractivity contribution in [2.45, 2.75) is 38.1 Å². The van der Waals surface area contributed by atoms with Crippen LogP contribution in [0.4, 0.5) is 0 Å². The number of hydrogen-bond donors (Lipinski definition) is 3. The Morgan fingerprint density at radius 3 is 2.67 bits per heavy atom. The van der Waals surface area contributed by atoms with E-state index in [1.54, 1.807) is 0 Å². The van der Waals surface area contributed by atoms with Gasteiger partial charge < -0.3 is 16.3 Å². The minimum atomic E-state index is 0.259. The molecule has 70 valence electrons. The SMILES string of the molecule is CCC1(NCC(N)=NO)CCC1. The summed E-state index contributed by atoms with van der Waals surface area (Å²) in [7, 11) is 0. The Hall–Kier alpha value is -0.770. The van der Waals surface area contributed by atoms with Crippen LogP contribution in [0.25, 0.3) is 0 Å². The largest absolute Gasteiger partial charge is 0.409 e. The van der Waals surface area contributed by atoms with Crippen LogP contribution < -0.4 is 11.1 Å². The third-order valence-corrected chi connectivity index (χ3v) is 2.76. The molecule has 4 N–H and O–H groups in total. The van der Waals surface area contributed by atoms with Gasteiger partial charge in [0, 0.05) is 5.54 Å². The molecule has 0 aliphatic heterocycles. The van der Waals surface area contributed by atoms with Crippen LogP contribution in [0, 0.1) is 0 Å². The molecule has 1 aliphatic rings. The number of nitrogens with one attached hydrogen (secondary N) is 1. The second-order valence-corrected chi connectivity index (χ2v) is 3.43. The zero-order valence-corrected chi connectivity index (χ0v) is 7.51. The number of rotatable bonds is 4. The third kappa shape index (κ3) is 1.88. The predicted octanol–water partition coefficient (Wildman–Crippen LogP) is 0.655. The van der Waals surface area contributed by atoms with Crippen molar-refractivity contribution in [1.82, 2.24) is 5.32 Å². The molecule has 0 spiro atoms. The molecule has 12 heavy (non-hydrogen) atoms. The van der Waals surface area contributed by atoms with E-state index >= 15 is 0 Å². The van der Waals surface area contributed by atoms with Crippen molar-refractivity contribution in [3.8, 4) is 0 Å². The van der Waals surface area contributed by atoms with Crippen LogP contribution in [-0.4, -0.2) is 23.1 Å². The van der Waals surface area contributed by atoms with Crippen LogP contribution in [0.15, 0.2) is 5.16 Å². The Morgan fingerprint density at radius 1 is 1.67 bits per heavy atom. The molecule has 1 aliphatic carbocycles. The molecule has 4 nitrogen and oxygen atoms in total. The van der Waals surface area contributed by atoms with Crippen LogP contribution in [0.2, 0.25) is 0 Å². The molecular formula is C8H17N3O. The summed E-state index contributed by atoms with van der Waals surface area (Å²) < 4.78 is 0. The number of amidine groups is 1. The molecule has 1 rings (SSSR count). The molecule has 0 atom stereocenters. The lowest BCUT2D eigenvalue weighted by Crippen LogP contribution is -2.52. The fourth-order valence-corrected chi connectivity index (χ4v) is 1.57. The van der Waals surface area contributed by atoms with Crippen LogP contribution in [0.3, 0.4) is 0 Å². The first kappa shape index (κ1) is 9.32. The highest BCUT2D eigenvalue weighted by atomic mass is 16.4. The van der Waals surface area contributed by atoms with Gasteiger partial charge in [0.2, 0.25) is 0 Å². The van der Waals surface area contributed by atoms with Gasteiger partial charge in [-0.25, -0.2) is 0 Å². The van der Waals surface area contributed by atoms with Crippen LogP contribution >= 0.6 is 0 Å². The fraction of sp³-hybridized carbons (Fsp3) is 0.875. The van der Waals surface area contributed by atoms with E-state index in [1.165, 1.54) is 19.3 Å². The van der Waals surface area contributed by atoms with Gasteiger partial charge >= 0.3 is 0 Å². The highest BCUT2D eigenvalue weighted by Crippen LogP contribution is 2.34. The number of nitrogens with two attached hydrogens (primary N) is 1. The molecular weight excluding hydrogens is 154 g/mol. The molecule has 0 aromatic rings. The lowest BCUT2D eigenvalue weighted by molar-refractivity contribution is 0.185. The van der Waals surface area contributed by atoms with Gasteiger partial charge in [0.1, 0.15) is 0 Å². The Morgan fingerprint density at radius 2 is 2.33 bits per heavy atom. The van der Waals surface area contributed by atoms with Gasteiger partial charge in [-0.15, -0.1) is 0 Å². The Kier molecular flexibility index (Phi) is 2.92. The molecule has 1 saturated carbocycles. The van der Waals surface area contributed by atoms with Crippen molar-refractivity contribution in [2.75, 3.05) is 6.54 Å². The van der Waals surface area contributed by atoms with Crippen LogP contribution in [-0.2, 0) is 0 Å². The third-order valence-electron chi connectivity index (χ3n) is 2.76. The van der Waals surface area contributed by atoms with Gasteiger partial charge in [0.05, 0.1) is 6.54 Å². The highest BCUT2D eigenvalue weighted by Gasteiger charge is 2.34. The molecule has 0 unspecified atom stereocenters. The van der Waals surface area contributed by atoms with Crippen LogP contribution in [0.5, 0.6) is 0 Å². The van der Waals surface area contributed by atoms with Crippen molar-refractivity contribution in [3.63, 3.8) is 0 Å². The topological polar surface area (TPSA) is 70.6 Å². The zero-order valence-electron chi connectivity index (χ0n) is 7.51. The van der Waals surface area contributed by atoms with Gasteiger partial charge in [0.25, 0.3) is 0 Å². The van der Waals surface area contributed by atoms with Gasteiger partial charge in [-0.2, -0.15) is 0 Å². The van der Waals surface area contributed by atoms with Gasteiger partial charge in [-0.3, -0.25) is 0 Å². The first-order valence-corrected chi connectivity index (χ1v) is 4.44. The average molecular weight is 171 g/mol. The van der Waals surface area contributed by atoms with Crippen molar-refractivity contribution in [2.24, 2.45) is 10.9 Å². The number of oxime groups is 1. The zero-order chi connectivity index (χ0) is 9.03. The minimum Gasteiger partial charge on any atom is -0.409 e. The molecule has 0 aromatic carbocycles. The first-order valence-electron chi connectivity index (χ1n) is 4.44. The summed E-state index contributed by atoms with van der Waals surface area (Å²) in [5.41, 5.74) is 5.62. The van der Waals surface area contributed by atoms with Gasteiger partial charge in [-0.05, 0) is 25.7 Å². The maximum Gasteiger partial charge on any atom is 0.153 e. The monoisotopic (exact) mass is 171 g/mol. The van der Waals surface area contributed by atoms with E-state index in [1.807, 2.05) is 0 Å². The van der Waals surface area contributed by atoms with E-state index in [2.05, 4.69) is 17.4 Å². The van der Waals surface area contributed by atoms with Gasteiger partial charge in [-0.1, -0.05) is 12.1 Å². The fourth-order valence-electron chi connectivity index (χ4n) is 1.57. The minimum absolute atomic E-state index is 0.259. The Bertz CT molecular complexity index is 170. The van der Waals surface area contributed by atoms with E-state index in [-0.39, 0.29) is 11.4 Å². The lowest BCUT2D eigenvalue weighted by atomic mass is 9.75. The molecule has 0 aromatic heterocycles. The molecule has 0 saturated heterocycles. The summed E-state index contributed by atoms with van der Waals surface area (Å²) in [6.45, 7) is 2.66.